The molecule has 1 nitrogen and oxygen atoms in total. The van der Waals surface area contributed by atoms with Crippen LogP contribution in [0.1, 0.15) is 16.7 Å². The van der Waals surface area contributed by atoms with Crippen molar-refractivity contribution >= 4 is 19.3 Å². The maximum atomic E-state index is 6.02. The SMILES string of the molecule is COc1c(-c2ccccc2)cc(C)cc1[Si](C)(C)C1=Cc2ccccc2C1. The molecule has 0 aromatic heterocycles. The summed E-state index contributed by atoms with van der Waals surface area (Å²) in [4.78, 5) is 0. The number of aryl methyl sites for hydroxylation is 1. The number of allylic oxidation sites excluding steroid dienone is 1. The van der Waals surface area contributed by atoms with Crippen LogP contribution in [0.2, 0.25) is 13.1 Å². The number of fused-ring (bicyclic) bond motifs is 1. The topological polar surface area (TPSA) is 9.23 Å². The molecule has 136 valence electrons. The van der Waals surface area contributed by atoms with Gasteiger partial charge >= 0.3 is 0 Å². The molecule has 2 heteroatoms. The fourth-order valence-electron chi connectivity index (χ4n) is 4.14. The molecule has 0 heterocycles. The Labute approximate surface area is 163 Å². The first-order valence-electron chi connectivity index (χ1n) is 9.54. The number of rotatable bonds is 4. The maximum absolute atomic E-state index is 6.02. The van der Waals surface area contributed by atoms with Crippen LogP contribution < -0.4 is 9.92 Å². The summed E-state index contributed by atoms with van der Waals surface area (Å²) in [6, 6.07) is 23.9. The molecule has 0 unspecified atom stereocenters. The zero-order valence-corrected chi connectivity index (χ0v) is 17.5. The monoisotopic (exact) mass is 370 g/mol. The fourth-order valence-corrected chi connectivity index (χ4v) is 7.03. The molecule has 1 aliphatic rings. The first-order valence-corrected chi connectivity index (χ1v) is 12.5. The van der Waals surface area contributed by atoms with Gasteiger partial charge in [0, 0.05) is 5.56 Å². The van der Waals surface area contributed by atoms with E-state index in [4.69, 9.17) is 4.74 Å². The van der Waals surface area contributed by atoms with Crippen molar-refractivity contribution in [3.63, 3.8) is 0 Å². The van der Waals surface area contributed by atoms with E-state index in [0.717, 1.165) is 12.2 Å². The van der Waals surface area contributed by atoms with Gasteiger partial charge in [0.15, 0.2) is 0 Å². The average molecular weight is 371 g/mol. The largest absolute Gasteiger partial charge is 0.496 e. The van der Waals surface area contributed by atoms with Gasteiger partial charge in [0.2, 0.25) is 0 Å². The van der Waals surface area contributed by atoms with Crippen LogP contribution in [0, 0.1) is 6.92 Å². The van der Waals surface area contributed by atoms with E-state index in [1.165, 1.54) is 33.0 Å². The molecule has 0 bridgehead atoms. The Hall–Kier alpha value is -2.58. The minimum absolute atomic E-state index is 1.04. The molecule has 0 saturated heterocycles. The van der Waals surface area contributed by atoms with Crippen LogP contribution in [0.4, 0.5) is 0 Å². The van der Waals surface area contributed by atoms with Crippen LogP contribution in [-0.4, -0.2) is 15.2 Å². The van der Waals surface area contributed by atoms with E-state index in [9.17, 15) is 0 Å². The molecular weight excluding hydrogens is 344 g/mol. The summed E-state index contributed by atoms with van der Waals surface area (Å²) in [5.41, 5.74) is 6.53. The third-order valence-electron chi connectivity index (χ3n) is 5.76. The number of hydrogen-bond acceptors (Lipinski definition) is 1. The first kappa shape index (κ1) is 17.8. The first-order chi connectivity index (χ1) is 13.0. The van der Waals surface area contributed by atoms with E-state index in [-0.39, 0.29) is 0 Å². The summed E-state index contributed by atoms with van der Waals surface area (Å²) in [6.45, 7) is 7.10. The quantitative estimate of drug-likeness (QED) is 0.530. The third kappa shape index (κ3) is 3.15. The smallest absolute Gasteiger partial charge is 0.126 e. The molecule has 0 spiro atoms. The van der Waals surface area contributed by atoms with Crippen molar-refractivity contribution in [3.8, 4) is 16.9 Å². The van der Waals surface area contributed by atoms with Gasteiger partial charge in [0.05, 0.1) is 7.11 Å². The zero-order valence-electron chi connectivity index (χ0n) is 16.5. The van der Waals surface area contributed by atoms with E-state index < -0.39 is 8.07 Å². The molecule has 0 amide bonds. The number of hydrogen-bond donors (Lipinski definition) is 0. The van der Waals surface area contributed by atoms with Crippen LogP contribution in [0.3, 0.4) is 0 Å². The number of methoxy groups -OCH3 is 1. The fraction of sp³-hybridized carbons (Fsp3) is 0.200. The number of benzene rings is 3. The minimum Gasteiger partial charge on any atom is -0.496 e. The highest BCUT2D eigenvalue weighted by Crippen LogP contribution is 2.36. The predicted octanol–water partition coefficient (Wildman–Crippen LogP) is 5.76. The van der Waals surface area contributed by atoms with E-state index in [2.05, 4.69) is 92.8 Å². The molecule has 0 atom stereocenters. The van der Waals surface area contributed by atoms with E-state index in [1.807, 2.05) is 7.11 Å². The van der Waals surface area contributed by atoms with Gasteiger partial charge in [0.25, 0.3) is 0 Å². The molecule has 3 aromatic rings. The molecule has 0 fully saturated rings. The van der Waals surface area contributed by atoms with Crippen LogP contribution in [0.5, 0.6) is 5.75 Å². The molecule has 0 N–H and O–H groups in total. The van der Waals surface area contributed by atoms with Gasteiger partial charge in [0.1, 0.15) is 13.8 Å². The maximum Gasteiger partial charge on any atom is 0.126 e. The average Bonchev–Trinajstić information content (AvgIpc) is 3.13. The molecule has 0 saturated carbocycles. The lowest BCUT2D eigenvalue weighted by molar-refractivity contribution is 0.419. The van der Waals surface area contributed by atoms with Gasteiger partial charge in [-0.25, -0.2) is 0 Å². The van der Waals surface area contributed by atoms with Crippen molar-refractivity contribution < 1.29 is 4.74 Å². The van der Waals surface area contributed by atoms with Crippen molar-refractivity contribution in [1.82, 2.24) is 0 Å². The summed E-state index contributed by atoms with van der Waals surface area (Å²) in [5, 5.41) is 2.97. The molecule has 27 heavy (non-hydrogen) atoms. The summed E-state index contributed by atoms with van der Waals surface area (Å²) in [6.07, 6.45) is 3.48. The zero-order chi connectivity index (χ0) is 19.0. The van der Waals surface area contributed by atoms with Crippen molar-refractivity contribution in [2.45, 2.75) is 26.4 Å². The Kier molecular flexibility index (Phi) is 4.53. The Bertz CT molecular complexity index is 1020. The predicted molar refractivity (Wildman–Crippen MR) is 118 cm³/mol. The lowest BCUT2D eigenvalue weighted by Crippen LogP contribution is -2.45. The minimum atomic E-state index is -1.87. The van der Waals surface area contributed by atoms with Crippen LogP contribution in [0.15, 0.2) is 71.9 Å². The van der Waals surface area contributed by atoms with E-state index in [0.29, 0.717) is 0 Å². The molecule has 3 aromatic carbocycles. The summed E-state index contributed by atoms with van der Waals surface area (Å²) in [7, 11) is -0.0609. The molecule has 1 aliphatic carbocycles. The summed E-state index contributed by atoms with van der Waals surface area (Å²) < 4.78 is 6.02. The molecular formula is C25H26OSi. The highest BCUT2D eigenvalue weighted by atomic mass is 28.3. The lowest BCUT2D eigenvalue weighted by atomic mass is 10.0. The Morgan fingerprint density at radius 2 is 1.59 bits per heavy atom. The second kappa shape index (κ2) is 6.86. The van der Waals surface area contributed by atoms with Gasteiger partial charge in [-0.3, -0.25) is 0 Å². The van der Waals surface area contributed by atoms with Gasteiger partial charge in [-0.2, -0.15) is 0 Å². The Morgan fingerprint density at radius 3 is 2.30 bits per heavy atom. The van der Waals surface area contributed by atoms with Crippen LogP contribution in [0.25, 0.3) is 17.2 Å². The van der Waals surface area contributed by atoms with Gasteiger partial charge in [-0.05, 0) is 41.3 Å². The molecule has 0 radical (unpaired) electrons. The van der Waals surface area contributed by atoms with Gasteiger partial charge in [-0.15, -0.1) is 0 Å². The van der Waals surface area contributed by atoms with Crippen LogP contribution >= 0.6 is 0 Å². The van der Waals surface area contributed by atoms with E-state index in [1.54, 1.807) is 5.20 Å². The summed E-state index contributed by atoms with van der Waals surface area (Å²) in [5.74, 6) is 1.04. The standard InChI is InChI=1S/C25H26OSi/c1-18-14-23(19-10-6-5-7-11-19)25(26-2)24(15-18)27(3,4)22-16-20-12-8-9-13-21(20)17-22/h5-16H,17H2,1-4H3. The van der Waals surface area contributed by atoms with Gasteiger partial charge < -0.3 is 4.74 Å². The number of ether oxygens (including phenoxy) is 1. The Balaban J connectivity index is 1.85. The molecule has 4 rings (SSSR count). The lowest BCUT2D eigenvalue weighted by Gasteiger charge is -2.29. The van der Waals surface area contributed by atoms with Crippen molar-refractivity contribution in [2.75, 3.05) is 7.11 Å². The second-order valence-corrected chi connectivity index (χ2v) is 12.4. The second-order valence-electron chi connectivity index (χ2n) is 7.93. The third-order valence-corrected chi connectivity index (χ3v) is 9.41. The Morgan fingerprint density at radius 1 is 0.889 bits per heavy atom. The van der Waals surface area contributed by atoms with E-state index >= 15 is 0 Å². The highest BCUT2D eigenvalue weighted by molar-refractivity contribution is 6.97. The van der Waals surface area contributed by atoms with Crippen molar-refractivity contribution in [1.29, 1.82) is 0 Å². The van der Waals surface area contributed by atoms with Crippen molar-refractivity contribution in [3.05, 3.63) is 88.6 Å². The van der Waals surface area contributed by atoms with Crippen molar-refractivity contribution in [2.24, 2.45) is 0 Å². The molecule has 0 aliphatic heterocycles. The van der Waals surface area contributed by atoms with Crippen LogP contribution in [-0.2, 0) is 6.42 Å². The normalized spacial score (nSPS) is 13.3. The van der Waals surface area contributed by atoms with Gasteiger partial charge in [-0.1, -0.05) is 90.6 Å². The highest BCUT2D eigenvalue weighted by Gasteiger charge is 2.34. The summed E-state index contributed by atoms with van der Waals surface area (Å²) >= 11 is 0.